The summed E-state index contributed by atoms with van der Waals surface area (Å²) in [5, 5.41) is 8.87. The minimum Gasteiger partial charge on any atom is -0.369 e. The molecule has 0 aliphatic heterocycles. The highest BCUT2D eigenvalue weighted by molar-refractivity contribution is 5.87. The number of hydrogen-bond acceptors (Lipinski definition) is 4. The lowest BCUT2D eigenvalue weighted by Crippen LogP contribution is -2.06. The number of anilines is 1. The zero-order chi connectivity index (χ0) is 14.2. The van der Waals surface area contributed by atoms with Crippen LogP contribution in [0.5, 0.6) is 0 Å². The second kappa shape index (κ2) is 4.84. The lowest BCUT2D eigenvalue weighted by atomic mass is 10.3. The molecule has 2 atom stereocenters. The maximum Gasteiger partial charge on any atom is 0.168 e. The van der Waals surface area contributed by atoms with Crippen molar-refractivity contribution in [3.63, 3.8) is 0 Å². The van der Waals surface area contributed by atoms with Crippen molar-refractivity contribution >= 4 is 16.9 Å². The van der Waals surface area contributed by atoms with Crippen LogP contribution >= 0.6 is 0 Å². The fourth-order valence-corrected chi connectivity index (χ4v) is 2.65. The Bertz CT molecular complexity index is 765. The van der Waals surface area contributed by atoms with E-state index in [-0.39, 0.29) is 0 Å². The Labute approximate surface area is 123 Å². The molecule has 1 aliphatic rings. The van der Waals surface area contributed by atoms with Crippen LogP contribution < -0.4 is 5.32 Å². The molecule has 3 aromatic rings. The second-order valence-corrected chi connectivity index (χ2v) is 5.71. The Balaban J connectivity index is 1.69. The number of benzene rings is 1. The van der Waals surface area contributed by atoms with Crippen molar-refractivity contribution in [2.75, 3.05) is 11.9 Å². The fraction of sp³-hybridized carbons (Fsp3) is 0.312. The van der Waals surface area contributed by atoms with Crippen molar-refractivity contribution in [2.45, 2.75) is 13.3 Å². The average Bonchev–Trinajstić information content (AvgIpc) is 3.06. The summed E-state index contributed by atoms with van der Waals surface area (Å²) in [7, 11) is 0. The van der Waals surface area contributed by atoms with Crippen LogP contribution in [-0.2, 0) is 0 Å². The molecule has 5 nitrogen and oxygen atoms in total. The Morgan fingerprint density at radius 1 is 1.24 bits per heavy atom. The zero-order valence-corrected chi connectivity index (χ0v) is 11.9. The van der Waals surface area contributed by atoms with E-state index in [1.807, 2.05) is 41.2 Å². The number of aromatic nitrogens is 4. The summed E-state index contributed by atoms with van der Waals surface area (Å²) in [6.45, 7) is 3.26. The normalized spacial score (nSPS) is 20.6. The van der Waals surface area contributed by atoms with E-state index in [0.29, 0.717) is 0 Å². The van der Waals surface area contributed by atoms with Gasteiger partial charge in [-0.1, -0.05) is 25.1 Å². The third-order valence-corrected chi connectivity index (χ3v) is 4.17. The first-order valence-corrected chi connectivity index (χ1v) is 7.31. The molecule has 4 rings (SSSR count). The quantitative estimate of drug-likeness (QED) is 0.798. The molecule has 0 radical (unpaired) electrons. The number of nitrogens with zero attached hydrogens (tertiary/aromatic N) is 4. The van der Waals surface area contributed by atoms with Crippen molar-refractivity contribution < 1.29 is 0 Å². The number of nitrogens with one attached hydrogen (secondary N) is 1. The molecule has 106 valence electrons. The van der Waals surface area contributed by atoms with Crippen LogP contribution in [-0.4, -0.2) is 26.3 Å². The van der Waals surface area contributed by atoms with E-state index >= 15 is 0 Å². The van der Waals surface area contributed by atoms with E-state index in [4.69, 9.17) is 0 Å². The summed E-state index contributed by atoms with van der Waals surface area (Å²) in [6.07, 6.45) is 4.74. The fourth-order valence-electron chi connectivity index (χ4n) is 2.65. The SMILES string of the molecule is CC1CC1CNc1ncnc2c1cnn2-c1ccccc1. The number of para-hydroxylation sites is 1. The van der Waals surface area contributed by atoms with Crippen LogP contribution in [0.15, 0.2) is 42.9 Å². The van der Waals surface area contributed by atoms with Gasteiger partial charge in [0.25, 0.3) is 0 Å². The minimum absolute atomic E-state index is 0.777. The summed E-state index contributed by atoms with van der Waals surface area (Å²) in [4.78, 5) is 8.75. The maximum absolute atomic E-state index is 4.46. The van der Waals surface area contributed by atoms with Crippen LogP contribution in [0.25, 0.3) is 16.7 Å². The van der Waals surface area contributed by atoms with E-state index in [9.17, 15) is 0 Å². The van der Waals surface area contributed by atoms with Gasteiger partial charge in [-0.05, 0) is 30.4 Å². The molecule has 1 aliphatic carbocycles. The van der Waals surface area contributed by atoms with E-state index in [1.54, 1.807) is 6.33 Å². The molecule has 2 aromatic heterocycles. The third-order valence-electron chi connectivity index (χ3n) is 4.17. The number of rotatable bonds is 4. The zero-order valence-electron chi connectivity index (χ0n) is 11.9. The van der Waals surface area contributed by atoms with Gasteiger partial charge in [0.15, 0.2) is 5.65 Å². The monoisotopic (exact) mass is 279 g/mol. The summed E-state index contributed by atoms with van der Waals surface area (Å²) in [6, 6.07) is 10.0. The molecule has 1 fully saturated rings. The van der Waals surface area contributed by atoms with Gasteiger partial charge in [0.2, 0.25) is 0 Å². The predicted molar refractivity (Wildman–Crippen MR) is 82.4 cm³/mol. The Morgan fingerprint density at radius 2 is 2.05 bits per heavy atom. The van der Waals surface area contributed by atoms with Crippen LogP contribution in [0.2, 0.25) is 0 Å². The number of fused-ring (bicyclic) bond motifs is 1. The van der Waals surface area contributed by atoms with Gasteiger partial charge in [-0.15, -0.1) is 0 Å². The maximum atomic E-state index is 4.46. The molecule has 1 aromatic carbocycles. The van der Waals surface area contributed by atoms with E-state index < -0.39 is 0 Å². The Hall–Kier alpha value is -2.43. The molecule has 5 heteroatoms. The number of hydrogen-bond donors (Lipinski definition) is 1. The van der Waals surface area contributed by atoms with Gasteiger partial charge in [-0.2, -0.15) is 5.10 Å². The molecule has 0 saturated heterocycles. The lowest BCUT2D eigenvalue weighted by molar-refractivity contribution is 0.785. The minimum atomic E-state index is 0.777. The summed E-state index contributed by atoms with van der Waals surface area (Å²) in [5.41, 5.74) is 1.84. The van der Waals surface area contributed by atoms with E-state index in [0.717, 1.165) is 40.9 Å². The molecular formula is C16H17N5. The predicted octanol–water partition coefficient (Wildman–Crippen LogP) is 2.88. The Kier molecular flexibility index (Phi) is 2.84. The molecule has 0 spiro atoms. The topological polar surface area (TPSA) is 55.6 Å². The van der Waals surface area contributed by atoms with Crippen LogP contribution in [0, 0.1) is 11.8 Å². The van der Waals surface area contributed by atoms with Crippen molar-refractivity contribution in [2.24, 2.45) is 11.8 Å². The first kappa shape index (κ1) is 12.3. The first-order chi connectivity index (χ1) is 10.3. The van der Waals surface area contributed by atoms with Crippen molar-refractivity contribution in [1.29, 1.82) is 0 Å². The highest BCUT2D eigenvalue weighted by Crippen LogP contribution is 2.37. The van der Waals surface area contributed by atoms with E-state index in [2.05, 4.69) is 27.3 Å². The largest absolute Gasteiger partial charge is 0.369 e. The van der Waals surface area contributed by atoms with Gasteiger partial charge in [0.1, 0.15) is 12.1 Å². The second-order valence-electron chi connectivity index (χ2n) is 5.71. The molecular weight excluding hydrogens is 262 g/mol. The van der Waals surface area contributed by atoms with Gasteiger partial charge in [-0.3, -0.25) is 0 Å². The van der Waals surface area contributed by atoms with Gasteiger partial charge < -0.3 is 5.32 Å². The molecule has 2 unspecified atom stereocenters. The smallest absolute Gasteiger partial charge is 0.168 e. The lowest BCUT2D eigenvalue weighted by Gasteiger charge is -2.06. The van der Waals surface area contributed by atoms with Crippen LogP contribution in [0.4, 0.5) is 5.82 Å². The average molecular weight is 279 g/mol. The molecule has 0 amide bonds. The van der Waals surface area contributed by atoms with Crippen LogP contribution in [0.3, 0.4) is 0 Å². The van der Waals surface area contributed by atoms with Crippen molar-refractivity contribution in [3.05, 3.63) is 42.9 Å². The van der Waals surface area contributed by atoms with Gasteiger partial charge >= 0.3 is 0 Å². The molecule has 21 heavy (non-hydrogen) atoms. The van der Waals surface area contributed by atoms with Crippen molar-refractivity contribution in [3.8, 4) is 5.69 Å². The molecule has 1 N–H and O–H groups in total. The Morgan fingerprint density at radius 3 is 2.81 bits per heavy atom. The summed E-state index contributed by atoms with van der Waals surface area (Å²) < 4.78 is 1.85. The molecule has 2 heterocycles. The first-order valence-electron chi connectivity index (χ1n) is 7.31. The van der Waals surface area contributed by atoms with E-state index in [1.165, 1.54) is 6.42 Å². The van der Waals surface area contributed by atoms with Gasteiger partial charge in [-0.25, -0.2) is 14.6 Å². The summed E-state index contributed by atoms with van der Waals surface area (Å²) >= 11 is 0. The summed E-state index contributed by atoms with van der Waals surface area (Å²) in [5.74, 6) is 2.49. The van der Waals surface area contributed by atoms with Gasteiger partial charge in [0, 0.05) is 6.54 Å². The molecule has 0 bridgehead atoms. The van der Waals surface area contributed by atoms with Crippen molar-refractivity contribution in [1.82, 2.24) is 19.7 Å². The van der Waals surface area contributed by atoms with Crippen LogP contribution in [0.1, 0.15) is 13.3 Å². The standard InChI is InChI=1S/C16H17N5/c1-11-7-12(11)8-17-15-14-9-20-21(16(14)19-10-18-15)13-5-3-2-4-6-13/h2-6,9-12H,7-8H2,1H3,(H,17,18,19). The highest BCUT2D eigenvalue weighted by Gasteiger charge is 2.32. The van der Waals surface area contributed by atoms with Gasteiger partial charge in [0.05, 0.1) is 17.3 Å². The third kappa shape index (κ3) is 2.24. The molecule has 1 saturated carbocycles. The highest BCUT2D eigenvalue weighted by atomic mass is 15.3.